The Bertz CT molecular complexity index is 847. The monoisotopic (exact) mass is 380 g/mol. The second-order valence-corrected chi connectivity index (χ2v) is 7.76. The van der Waals surface area contributed by atoms with Crippen LogP contribution in [0.3, 0.4) is 0 Å². The summed E-state index contributed by atoms with van der Waals surface area (Å²) >= 11 is 0. The molecule has 148 valence electrons. The summed E-state index contributed by atoms with van der Waals surface area (Å²) < 4.78 is 0. The van der Waals surface area contributed by atoms with Crippen molar-refractivity contribution in [2.75, 3.05) is 0 Å². The van der Waals surface area contributed by atoms with Gasteiger partial charge in [0.15, 0.2) is 0 Å². The van der Waals surface area contributed by atoms with Crippen molar-refractivity contribution in [3.8, 4) is 0 Å². The van der Waals surface area contributed by atoms with Gasteiger partial charge in [-0.2, -0.15) is 0 Å². The lowest BCUT2D eigenvalue weighted by atomic mass is 9.87. The van der Waals surface area contributed by atoms with Gasteiger partial charge in [0.2, 0.25) is 0 Å². The summed E-state index contributed by atoms with van der Waals surface area (Å²) in [5.41, 5.74) is 4.26. The van der Waals surface area contributed by atoms with Crippen molar-refractivity contribution in [1.29, 1.82) is 0 Å². The number of carboxylic acids is 1. The number of carbonyl (C=O) groups excluding carboxylic acids is 1. The van der Waals surface area contributed by atoms with E-state index in [1.165, 1.54) is 17.5 Å². The molecular weight excluding hydrogens is 352 g/mol. The molecular formula is C23H28N2O3. The average molecular weight is 380 g/mol. The van der Waals surface area contributed by atoms with Crippen LogP contribution in [-0.4, -0.2) is 23.0 Å². The number of benzene rings is 2. The Balaban J connectivity index is 1.66. The number of hydrogen-bond acceptors (Lipinski definition) is 3. The topological polar surface area (TPSA) is 78.4 Å². The zero-order valence-corrected chi connectivity index (χ0v) is 16.4. The van der Waals surface area contributed by atoms with Crippen molar-refractivity contribution < 1.29 is 14.7 Å². The van der Waals surface area contributed by atoms with Crippen LogP contribution < -0.4 is 10.6 Å². The molecule has 3 rings (SSSR count). The molecule has 0 fully saturated rings. The molecule has 0 saturated carbocycles. The van der Waals surface area contributed by atoms with Gasteiger partial charge in [-0.15, -0.1) is 0 Å². The van der Waals surface area contributed by atoms with Gasteiger partial charge < -0.3 is 15.7 Å². The molecule has 2 aromatic carbocycles. The van der Waals surface area contributed by atoms with E-state index in [1.807, 2.05) is 18.2 Å². The van der Waals surface area contributed by atoms with E-state index in [0.717, 1.165) is 18.4 Å². The van der Waals surface area contributed by atoms with Crippen molar-refractivity contribution in [1.82, 2.24) is 10.6 Å². The highest BCUT2D eigenvalue weighted by atomic mass is 16.4. The zero-order valence-electron chi connectivity index (χ0n) is 16.4. The van der Waals surface area contributed by atoms with Gasteiger partial charge in [0.1, 0.15) is 6.04 Å². The Morgan fingerprint density at radius 3 is 2.68 bits per heavy atom. The Morgan fingerprint density at radius 2 is 1.93 bits per heavy atom. The second kappa shape index (κ2) is 9.02. The Labute approximate surface area is 166 Å². The number of amides is 1. The van der Waals surface area contributed by atoms with Gasteiger partial charge in [0, 0.05) is 18.2 Å². The van der Waals surface area contributed by atoms with Crippen LogP contribution in [0.25, 0.3) is 0 Å². The minimum absolute atomic E-state index is 0.183. The lowest BCUT2D eigenvalue weighted by molar-refractivity contribution is -0.140. The van der Waals surface area contributed by atoms with Crippen LogP contribution in [0, 0.1) is 5.92 Å². The molecule has 1 unspecified atom stereocenters. The van der Waals surface area contributed by atoms with E-state index < -0.39 is 12.0 Å². The molecule has 0 aliphatic heterocycles. The largest absolute Gasteiger partial charge is 0.480 e. The second-order valence-electron chi connectivity index (χ2n) is 7.76. The molecule has 3 N–H and O–H groups in total. The fraction of sp³-hybridized carbons (Fsp3) is 0.391. The van der Waals surface area contributed by atoms with Gasteiger partial charge in [-0.25, -0.2) is 4.79 Å². The Hall–Kier alpha value is -2.66. The predicted molar refractivity (Wildman–Crippen MR) is 109 cm³/mol. The first-order chi connectivity index (χ1) is 13.5. The maximum absolute atomic E-state index is 12.5. The molecule has 5 heteroatoms. The molecule has 0 radical (unpaired) electrons. The highest BCUT2D eigenvalue weighted by Crippen LogP contribution is 2.29. The molecule has 0 bridgehead atoms. The van der Waals surface area contributed by atoms with Crippen molar-refractivity contribution >= 4 is 11.9 Å². The van der Waals surface area contributed by atoms with Crippen LogP contribution in [0.4, 0.5) is 0 Å². The van der Waals surface area contributed by atoms with Gasteiger partial charge in [0.25, 0.3) is 5.91 Å². The summed E-state index contributed by atoms with van der Waals surface area (Å²) in [6.07, 6.45) is 3.40. The van der Waals surface area contributed by atoms with Crippen molar-refractivity contribution in [2.45, 2.75) is 51.7 Å². The lowest BCUT2D eigenvalue weighted by Crippen LogP contribution is -2.44. The summed E-state index contributed by atoms with van der Waals surface area (Å²) in [5, 5.41) is 15.5. The molecule has 2 atom stereocenters. The third kappa shape index (κ3) is 4.78. The SMILES string of the molecule is CC(C)[C@H](NC(=O)c1cccc(CNC2CCCc3ccccc32)c1)C(=O)O. The number of carbonyl (C=O) groups is 2. The molecule has 1 aliphatic carbocycles. The third-order valence-corrected chi connectivity index (χ3v) is 5.33. The molecule has 5 nitrogen and oxygen atoms in total. The normalized spacial score (nSPS) is 17.0. The minimum atomic E-state index is -1.02. The molecule has 0 heterocycles. The van der Waals surface area contributed by atoms with Crippen LogP contribution in [-0.2, 0) is 17.8 Å². The number of carboxylic acid groups (broad SMARTS) is 1. The number of fused-ring (bicyclic) bond motifs is 1. The molecule has 1 aliphatic rings. The van der Waals surface area contributed by atoms with E-state index >= 15 is 0 Å². The first-order valence-corrected chi connectivity index (χ1v) is 9.89. The molecule has 0 saturated heterocycles. The van der Waals surface area contributed by atoms with Crippen LogP contribution in [0.15, 0.2) is 48.5 Å². The van der Waals surface area contributed by atoms with E-state index in [4.69, 9.17) is 0 Å². The molecule has 1 amide bonds. The number of aryl methyl sites for hydroxylation is 1. The first kappa shape index (κ1) is 20.1. The van der Waals surface area contributed by atoms with Gasteiger partial charge in [-0.1, -0.05) is 50.2 Å². The highest BCUT2D eigenvalue weighted by molar-refractivity contribution is 5.96. The van der Waals surface area contributed by atoms with E-state index in [9.17, 15) is 14.7 Å². The average Bonchev–Trinajstić information content (AvgIpc) is 2.70. The maximum Gasteiger partial charge on any atom is 0.326 e. The third-order valence-electron chi connectivity index (χ3n) is 5.33. The molecule has 0 aromatic heterocycles. The van der Waals surface area contributed by atoms with Crippen LogP contribution in [0.1, 0.15) is 59.8 Å². The van der Waals surface area contributed by atoms with Crippen molar-refractivity contribution in [3.05, 3.63) is 70.8 Å². The van der Waals surface area contributed by atoms with E-state index in [0.29, 0.717) is 18.2 Å². The van der Waals surface area contributed by atoms with Gasteiger partial charge in [0.05, 0.1) is 0 Å². The molecule has 0 spiro atoms. The van der Waals surface area contributed by atoms with Gasteiger partial charge in [-0.05, 0) is 54.0 Å². The van der Waals surface area contributed by atoms with Crippen LogP contribution in [0.2, 0.25) is 0 Å². The van der Waals surface area contributed by atoms with Crippen LogP contribution in [0.5, 0.6) is 0 Å². The van der Waals surface area contributed by atoms with E-state index in [1.54, 1.807) is 19.9 Å². The summed E-state index contributed by atoms with van der Waals surface area (Å²) in [5.74, 6) is -1.55. The fourth-order valence-electron chi connectivity index (χ4n) is 3.77. The number of aliphatic carboxylic acids is 1. The number of rotatable bonds is 7. The van der Waals surface area contributed by atoms with Crippen molar-refractivity contribution in [3.63, 3.8) is 0 Å². The fourth-order valence-corrected chi connectivity index (χ4v) is 3.77. The zero-order chi connectivity index (χ0) is 20.1. The highest BCUT2D eigenvalue weighted by Gasteiger charge is 2.24. The lowest BCUT2D eigenvalue weighted by Gasteiger charge is -2.26. The Morgan fingerprint density at radius 1 is 1.14 bits per heavy atom. The van der Waals surface area contributed by atoms with E-state index in [-0.39, 0.29) is 11.8 Å². The predicted octanol–water partition coefficient (Wildman–Crippen LogP) is 3.69. The quantitative estimate of drug-likeness (QED) is 0.684. The number of hydrogen-bond donors (Lipinski definition) is 3. The number of nitrogens with one attached hydrogen (secondary N) is 2. The summed E-state index contributed by atoms with van der Waals surface area (Å²) in [7, 11) is 0. The van der Waals surface area contributed by atoms with E-state index in [2.05, 4.69) is 34.9 Å². The summed E-state index contributed by atoms with van der Waals surface area (Å²) in [6.45, 7) is 4.22. The molecule has 2 aromatic rings. The maximum atomic E-state index is 12.5. The van der Waals surface area contributed by atoms with Gasteiger partial charge in [-0.3, -0.25) is 4.79 Å². The first-order valence-electron chi connectivity index (χ1n) is 9.89. The smallest absolute Gasteiger partial charge is 0.326 e. The minimum Gasteiger partial charge on any atom is -0.480 e. The Kier molecular flexibility index (Phi) is 6.47. The van der Waals surface area contributed by atoms with Crippen LogP contribution >= 0.6 is 0 Å². The summed E-state index contributed by atoms with van der Waals surface area (Å²) in [4.78, 5) is 23.8. The standard InChI is InChI=1S/C23H28N2O3/c1-15(2)21(23(27)28)25-22(26)18-10-5-7-16(13-18)14-24-20-12-6-9-17-8-3-4-11-19(17)20/h3-5,7-8,10-11,13,15,20-21,24H,6,9,12,14H2,1-2H3,(H,25,26)(H,27,28)/t20?,21-/m0/s1. The van der Waals surface area contributed by atoms with Crippen molar-refractivity contribution in [2.24, 2.45) is 5.92 Å². The molecule has 28 heavy (non-hydrogen) atoms. The van der Waals surface area contributed by atoms with Gasteiger partial charge >= 0.3 is 5.97 Å². The summed E-state index contributed by atoms with van der Waals surface area (Å²) in [6, 6.07) is 15.3.